The molecule has 4 aromatic carbocycles. The van der Waals surface area contributed by atoms with Gasteiger partial charge in [0.05, 0.1) is 10.9 Å². The first-order chi connectivity index (χ1) is 15.3. The molecule has 0 amide bonds. The van der Waals surface area contributed by atoms with Gasteiger partial charge in [0.15, 0.2) is 5.78 Å². The Balaban J connectivity index is 1.69. The first kappa shape index (κ1) is 22.2. The zero-order chi connectivity index (χ0) is 22.7. The second kappa shape index (κ2) is 9.25. The van der Waals surface area contributed by atoms with E-state index in [1.54, 1.807) is 48.5 Å². The maximum Gasteiger partial charge on any atom is 0.241 e. The topological polar surface area (TPSA) is 63.2 Å². The van der Waals surface area contributed by atoms with Crippen LogP contribution < -0.4 is 4.72 Å². The minimum absolute atomic E-state index is 0.117. The van der Waals surface area contributed by atoms with Gasteiger partial charge in [-0.3, -0.25) is 4.79 Å². The fourth-order valence-corrected chi connectivity index (χ4v) is 5.21. The quantitative estimate of drug-likeness (QED) is 0.284. The van der Waals surface area contributed by atoms with Gasteiger partial charge in [0, 0.05) is 5.56 Å². The van der Waals surface area contributed by atoms with Crippen molar-refractivity contribution in [3.05, 3.63) is 114 Å². The Kier molecular flexibility index (Phi) is 6.42. The Morgan fingerprint density at radius 2 is 1.44 bits per heavy atom. The van der Waals surface area contributed by atoms with Crippen LogP contribution in [0.5, 0.6) is 0 Å². The van der Waals surface area contributed by atoms with Crippen LogP contribution in [-0.2, 0) is 10.0 Å². The number of alkyl halides is 1. The summed E-state index contributed by atoms with van der Waals surface area (Å²) in [4.78, 5) is 13.4. The average molecular weight is 464 g/mol. The number of benzene rings is 4. The third-order valence-corrected chi connectivity index (χ3v) is 7.26. The Hall–Kier alpha value is -2.99. The van der Waals surface area contributed by atoms with Crippen molar-refractivity contribution in [2.75, 3.05) is 0 Å². The molecule has 0 bridgehead atoms. The average Bonchev–Trinajstić information content (AvgIpc) is 2.82. The summed E-state index contributed by atoms with van der Waals surface area (Å²) in [5, 5.41) is 0.785. The summed E-state index contributed by atoms with van der Waals surface area (Å²) in [6, 6.07) is 27.6. The summed E-state index contributed by atoms with van der Waals surface area (Å²) in [6.45, 7) is 1.88. The molecule has 32 heavy (non-hydrogen) atoms. The highest BCUT2D eigenvalue weighted by atomic mass is 35.5. The van der Waals surface area contributed by atoms with Gasteiger partial charge >= 0.3 is 0 Å². The number of aryl methyl sites for hydroxylation is 1. The number of nitrogens with one attached hydrogen (secondary N) is 1. The summed E-state index contributed by atoms with van der Waals surface area (Å²) in [6.07, 6.45) is 0. The van der Waals surface area contributed by atoms with E-state index < -0.39 is 21.4 Å². The predicted octanol–water partition coefficient (Wildman–Crippen LogP) is 5.66. The first-order valence-corrected chi connectivity index (χ1v) is 12.1. The molecule has 6 heteroatoms. The Morgan fingerprint density at radius 1 is 0.812 bits per heavy atom. The second-order valence-corrected chi connectivity index (χ2v) is 9.83. The maximum absolute atomic E-state index is 13.3. The Labute approximate surface area is 192 Å². The van der Waals surface area contributed by atoms with Gasteiger partial charge in [-0.05, 0) is 41.5 Å². The van der Waals surface area contributed by atoms with Crippen molar-refractivity contribution in [1.82, 2.24) is 4.72 Å². The van der Waals surface area contributed by atoms with Crippen LogP contribution in [0.1, 0.15) is 27.5 Å². The molecule has 0 saturated heterocycles. The number of carbonyl (C=O) groups is 1. The molecular weight excluding hydrogens is 442 g/mol. The molecule has 0 spiro atoms. The summed E-state index contributed by atoms with van der Waals surface area (Å²) >= 11 is 6.66. The van der Waals surface area contributed by atoms with Crippen molar-refractivity contribution in [2.24, 2.45) is 0 Å². The molecule has 0 aliphatic carbocycles. The van der Waals surface area contributed by atoms with Crippen LogP contribution in [-0.4, -0.2) is 19.6 Å². The summed E-state index contributed by atoms with van der Waals surface area (Å²) in [5.41, 5.74) is 1.99. The fraction of sp³-hybridized carbons (Fsp3) is 0.115. The van der Waals surface area contributed by atoms with E-state index in [0.29, 0.717) is 11.1 Å². The number of hydrogen-bond acceptors (Lipinski definition) is 3. The van der Waals surface area contributed by atoms with Crippen LogP contribution in [0, 0.1) is 6.92 Å². The highest BCUT2D eigenvalue weighted by Gasteiger charge is 2.32. The summed E-state index contributed by atoms with van der Waals surface area (Å²) in [5.74, 6) is -0.349. The van der Waals surface area contributed by atoms with Gasteiger partial charge in [0.25, 0.3) is 0 Å². The van der Waals surface area contributed by atoms with Crippen LogP contribution in [0.15, 0.2) is 102 Å². The van der Waals surface area contributed by atoms with Crippen molar-refractivity contribution in [3.63, 3.8) is 0 Å². The van der Waals surface area contributed by atoms with Gasteiger partial charge in [-0.1, -0.05) is 84.4 Å². The van der Waals surface area contributed by atoms with E-state index in [1.165, 1.54) is 12.1 Å². The van der Waals surface area contributed by atoms with Crippen molar-refractivity contribution >= 4 is 38.2 Å². The molecule has 0 aliphatic rings. The lowest BCUT2D eigenvalue weighted by Gasteiger charge is -2.23. The molecule has 2 atom stereocenters. The molecule has 4 nitrogen and oxygen atoms in total. The summed E-state index contributed by atoms with van der Waals surface area (Å²) in [7, 11) is -3.91. The SMILES string of the molecule is Cc1ccc(S(=O)(=O)N[C@H](c2ccccc2)[C@@H](Cl)C(=O)c2ccc3ccccc3c2)cc1. The predicted molar refractivity (Wildman–Crippen MR) is 129 cm³/mol. The highest BCUT2D eigenvalue weighted by Crippen LogP contribution is 2.28. The minimum Gasteiger partial charge on any atom is -0.292 e. The monoisotopic (exact) mass is 463 g/mol. The number of fused-ring (bicyclic) bond motifs is 1. The molecule has 4 aromatic rings. The van der Waals surface area contributed by atoms with Crippen LogP contribution in [0.3, 0.4) is 0 Å². The number of rotatable bonds is 7. The van der Waals surface area contributed by atoms with E-state index in [0.717, 1.165) is 16.3 Å². The van der Waals surface area contributed by atoms with Crippen LogP contribution in [0.4, 0.5) is 0 Å². The Bertz CT molecular complexity index is 1350. The van der Waals surface area contributed by atoms with Crippen molar-refractivity contribution in [2.45, 2.75) is 23.2 Å². The molecule has 1 N–H and O–H groups in total. The molecule has 0 heterocycles. The minimum atomic E-state index is -3.91. The lowest BCUT2D eigenvalue weighted by atomic mass is 9.96. The van der Waals surface area contributed by atoms with Crippen LogP contribution in [0.2, 0.25) is 0 Å². The van der Waals surface area contributed by atoms with Crippen LogP contribution >= 0.6 is 11.6 Å². The van der Waals surface area contributed by atoms with Crippen molar-refractivity contribution in [3.8, 4) is 0 Å². The van der Waals surface area contributed by atoms with Gasteiger partial charge in [-0.25, -0.2) is 13.1 Å². The third-order valence-electron chi connectivity index (χ3n) is 5.35. The molecule has 0 aliphatic heterocycles. The molecule has 0 saturated carbocycles. The second-order valence-electron chi connectivity index (χ2n) is 7.65. The molecule has 4 rings (SSSR count). The largest absolute Gasteiger partial charge is 0.292 e. The molecular formula is C26H22ClNO3S. The van der Waals surface area contributed by atoms with Gasteiger partial charge in [0.1, 0.15) is 5.38 Å². The van der Waals surface area contributed by atoms with E-state index >= 15 is 0 Å². The molecule has 0 radical (unpaired) electrons. The van der Waals surface area contributed by atoms with Gasteiger partial charge < -0.3 is 0 Å². The van der Waals surface area contributed by atoms with Gasteiger partial charge in [-0.2, -0.15) is 0 Å². The molecule has 0 fully saturated rings. The number of ketones is 1. The number of sulfonamides is 1. The number of hydrogen-bond donors (Lipinski definition) is 1. The standard InChI is InChI=1S/C26H22ClNO3S/c1-18-11-15-23(16-12-18)32(30,31)28-25(20-8-3-2-4-9-20)24(27)26(29)22-14-13-19-7-5-6-10-21(19)17-22/h2-17,24-25,28H,1H3/t24-,25-/m1/s1. The van der Waals surface area contributed by atoms with E-state index in [4.69, 9.17) is 11.6 Å². The lowest BCUT2D eigenvalue weighted by Crippen LogP contribution is -2.37. The van der Waals surface area contributed by atoms with E-state index in [2.05, 4.69) is 4.72 Å². The lowest BCUT2D eigenvalue weighted by molar-refractivity contribution is 0.0977. The molecule has 0 unspecified atom stereocenters. The fourth-order valence-electron chi connectivity index (χ4n) is 3.56. The number of halogens is 1. The normalized spacial score (nSPS) is 13.6. The van der Waals surface area contributed by atoms with Gasteiger partial charge in [-0.15, -0.1) is 11.6 Å². The van der Waals surface area contributed by atoms with Crippen molar-refractivity contribution in [1.29, 1.82) is 0 Å². The van der Waals surface area contributed by atoms with E-state index in [-0.39, 0.29) is 10.7 Å². The highest BCUT2D eigenvalue weighted by molar-refractivity contribution is 7.89. The first-order valence-electron chi connectivity index (χ1n) is 10.2. The zero-order valence-corrected chi connectivity index (χ0v) is 19.0. The van der Waals surface area contributed by atoms with E-state index in [9.17, 15) is 13.2 Å². The Morgan fingerprint density at radius 3 is 2.12 bits per heavy atom. The number of carbonyl (C=O) groups excluding carboxylic acids is 1. The van der Waals surface area contributed by atoms with Crippen LogP contribution in [0.25, 0.3) is 10.8 Å². The van der Waals surface area contributed by atoms with Gasteiger partial charge in [0.2, 0.25) is 10.0 Å². The zero-order valence-electron chi connectivity index (χ0n) is 17.4. The smallest absolute Gasteiger partial charge is 0.241 e. The van der Waals surface area contributed by atoms with Crippen molar-refractivity contribution < 1.29 is 13.2 Å². The van der Waals surface area contributed by atoms with E-state index in [1.807, 2.05) is 43.3 Å². The molecule has 0 aromatic heterocycles. The molecule has 162 valence electrons. The summed E-state index contributed by atoms with van der Waals surface area (Å²) < 4.78 is 28.8. The third kappa shape index (κ3) is 4.75. The maximum atomic E-state index is 13.3. The number of Topliss-reactive ketones (excluding diaryl/α,β-unsaturated/α-hetero) is 1.